The first kappa shape index (κ1) is 19.8. The van der Waals surface area contributed by atoms with Gasteiger partial charge in [-0.25, -0.2) is 4.79 Å². The van der Waals surface area contributed by atoms with E-state index in [1.165, 1.54) is 14.2 Å². The van der Waals surface area contributed by atoms with Crippen molar-refractivity contribution in [3.05, 3.63) is 29.8 Å². The van der Waals surface area contributed by atoms with Crippen molar-refractivity contribution in [2.75, 3.05) is 20.8 Å². The summed E-state index contributed by atoms with van der Waals surface area (Å²) >= 11 is 0. The van der Waals surface area contributed by atoms with Gasteiger partial charge in [-0.05, 0) is 25.0 Å². The maximum absolute atomic E-state index is 12.3. The van der Waals surface area contributed by atoms with E-state index < -0.39 is 11.5 Å². The smallest absolute Gasteiger partial charge is 0.331 e. The number of amides is 2. The van der Waals surface area contributed by atoms with Gasteiger partial charge in [0.25, 0.3) is 5.91 Å². The van der Waals surface area contributed by atoms with Gasteiger partial charge in [-0.15, -0.1) is 0 Å². The summed E-state index contributed by atoms with van der Waals surface area (Å²) < 4.78 is 10.0. The summed E-state index contributed by atoms with van der Waals surface area (Å²) in [5, 5.41) is 5.53. The quantitative estimate of drug-likeness (QED) is 0.722. The lowest BCUT2D eigenvalue weighted by atomic mass is 9.81. The molecule has 2 rings (SSSR count). The number of esters is 1. The van der Waals surface area contributed by atoms with E-state index in [4.69, 9.17) is 9.47 Å². The van der Waals surface area contributed by atoms with Crippen LogP contribution >= 0.6 is 0 Å². The summed E-state index contributed by atoms with van der Waals surface area (Å²) in [6.07, 6.45) is 4.04. The van der Waals surface area contributed by atoms with Gasteiger partial charge in [-0.3, -0.25) is 9.59 Å². The van der Waals surface area contributed by atoms with Crippen LogP contribution in [0.4, 0.5) is 0 Å². The molecule has 0 unspecified atom stereocenters. The summed E-state index contributed by atoms with van der Waals surface area (Å²) in [5.41, 5.74) is -0.523. The molecule has 26 heavy (non-hydrogen) atoms. The molecule has 7 nitrogen and oxygen atoms in total. The van der Waals surface area contributed by atoms with E-state index in [0.717, 1.165) is 19.3 Å². The molecule has 142 valence electrons. The van der Waals surface area contributed by atoms with Gasteiger partial charge < -0.3 is 20.1 Å². The molecule has 1 aromatic carbocycles. The van der Waals surface area contributed by atoms with Gasteiger partial charge >= 0.3 is 5.97 Å². The van der Waals surface area contributed by atoms with Crippen molar-refractivity contribution in [2.45, 2.75) is 44.1 Å². The number of carbonyl (C=O) groups is 3. The van der Waals surface area contributed by atoms with Crippen LogP contribution in [0.15, 0.2) is 24.3 Å². The molecule has 1 aliphatic carbocycles. The van der Waals surface area contributed by atoms with Crippen LogP contribution in [0.5, 0.6) is 5.75 Å². The predicted octanol–water partition coefficient (Wildman–Crippen LogP) is 1.81. The van der Waals surface area contributed by atoms with E-state index in [9.17, 15) is 14.4 Å². The third kappa shape index (κ3) is 4.74. The summed E-state index contributed by atoms with van der Waals surface area (Å²) in [7, 11) is 2.83. The molecular formula is C19H26N2O5. The van der Waals surface area contributed by atoms with Gasteiger partial charge in [0, 0.05) is 13.0 Å². The van der Waals surface area contributed by atoms with E-state index in [1.807, 2.05) is 0 Å². The summed E-state index contributed by atoms with van der Waals surface area (Å²) in [6.45, 7) is 0.167. The predicted molar refractivity (Wildman–Crippen MR) is 95.9 cm³/mol. The molecule has 0 spiro atoms. The minimum atomic E-state index is -0.934. The van der Waals surface area contributed by atoms with Crippen LogP contribution in [0.2, 0.25) is 0 Å². The Hall–Kier alpha value is -2.57. The highest BCUT2D eigenvalue weighted by atomic mass is 16.5. The zero-order chi connectivity index (χ0) is 19.0. The average molecular weight is 362 g/mol. The summed E-state index contributed by atoms with van der Waals surface area (Å²) in [4.78, 5) is 36.6. The van der Waals surface area contributed by atoms with Crippen molar-refractivity contribution < 1.29 is 23.9 Å². The Morgan fingerprint density at radius 1 is 1.08 bits per heavy atom. The number of ether oxygens (including phenoxy) is 2. The number of nitrogens with one attached hydrogen (secondary N) is 2. The minimum absolute atomic E-state index is 0.0830. The molecule has 7 heteroatoms. The first-order valence-electron chi connectivity index (χ1n) is 8.83. The first-order valence-corrected chi connectivity index (χ1v) is 8.83. The maximum atomic E-state index is 12.3. The normalized spacial score (nSPS) is 15.6. The molecule has 0 heterocycles. The first-order chi connectivity index (χ1) is 12.5. The lowest BCUT2D eigenvalue weighted by molar-refractivity contribution is -0.152. The van der Waals surface area contributed by atoms with Gasteiger partial charge in [0.2, 0.25) is 5.91 Å². The second kappa shape index (κ2) is 9.22. The van der Waals surface area contributed by atoms with Crippen LogP contribution in [-0.4, -0.2) is 44.1 Å². The highest BCUT2D eigenvalue weighted by Crippen LogP contribution is 2.29. The van der Waals surface area contributed by atoms with Crippen LogP contribution in [0.25, 0.3) is 0 Å². The lowest BCUT2D eigenvalue weighted by Gasteiger charge is -2.35. The Bertz CT molecular complexity index is 653. The largest absolute Gasteiger partial charge is 0.496 e. The summed E-state index contributed by atoms with van der Waals surface area (Å²) in [5.74, 6) is -0.516. The van der Waals surface area contributed by atoms with Crippen molar-refractivity contribution in [3.63, 3.8) is 0 Å². The van der Waals surface area contributed by atoms with Crippen LogP contribution in [0, 0.1) is 0 Å². The molecule has 0 aliphatic heterocycles. The molecule has 0 radical (unpaired) electrons. The molecule has 1 aromatic rings. The van der Waals surface area contributed by atoms with E-state index in [0.29, 0.717) is 24.2 Å². The molecule has 1 saturated carbocycles. The molecule has 1 aliphatic rings. The van der Waals surface area contributed by atoms with E-state index >= 15 is 0 Å². The maximum Gasteiger partial charge on any atom is 0.331 e. The Balaban J connectivity index is 1.88. The fourth-order valence-corrected chi connectivity index (χ4v) is 3.28. The third-order valence-corrected chi connectivity index (χ3v) is 4.65. The lowest BCUT2D eigenvalue weighted by Crippen LogP contribution is -2.56. The molecule has 0 atom stereocenters. The Labute approximate surface area is 153 Å². The number of para-hydroxylation sites is 1. The Morgan fingerprint density at radius 2 is 1.77 bits per heavy atom. The van der Waals surface area contributed by atoms with E-state index in [1.54, 1.807) is 24.3 Å². The van der Waals surface area contributed by atoms with Crippen LogP contribution in [0.3, 0.4) is 0 Å². The fraction of sp³-hybridized carbons (Fsp3) is 0.526. The number of carbonyl (C=O) groups excluding carboxylic acids is 3. The number of benzene rings is 1. The van der Waals surface area contributed by atoms with Crippen LogP contribution in [0.1, 0.15) is 48.9 Å². The van der Waals surface area contributed by atoms with Crippen molar-refractivity contribution in [2.24, 2.45) is 0 Å². The zero-order valence-corrected chi connectivity index (χ0v) is 15.3. The monoisotopic (exact) mass is 362 g/mol. The SMILES string of the molecule is COC(=O)C1(NC(=O)CCNC(=O)c2ccccc2OC)CCCCC1. The standard InChI is InChI=1S/C19H26N2O5/c1-25-15-9-5-4-8-14(15)17(23)20-13-10-16(22)21-19(18(24)26-2)11-6-3-7-12-19/h4-5,8-9H,3,6-7,10-13H2,1-2H3,(H,20,23)(H,21,22). The Morgan fingerprint density at radius 3 is 2.42 bits per heavy atom. The molecule has 0 bridgehead atoms. The molecule has 0 aromatic heterocycles. The number of hydrogen-bond acceptors (Lipinski definition) is 5. The van der Waals surface area contributed by atoms with Gasteiger partial charge in [0.15, 0.2) is 0 Å². The topological polar surface area (TPSA) is 93.7 Å². The van der Waals surface area contributed by atoms with E-state index in [-0.39, 0.29) is 24.8 Å². The van der Waals surface area contributed by atoms with E-state index in [2.05, 4.69) is 10.6 Å². The average Bonchev–Trinajstić information content (AvgIpc) is 2.67. The molecule has 0 saturated heterocycles. The van der Waals surface area contributed by atoms with Gasteiger partial charge in [0.05, 0.1) is 19.8 Å². The van der Waals surface area contributed by atoms with Crippen molar-refractivity contribution >= 4 is 17.8 Å². The van der Waals surface area contributed by atoms with Crippen LogP contribution in [-0.2, 0) is 14.3 Å². The second-order valence-corrected chi connectivity index (χ2v) is 6.39. The molecule has 2 N–H and O–H groups in total. The zero-order valence-electron chi connectivity index (χ0n) is 15.3. The third-order valence-electron chi connectivity index (χ3n) is 4.65. The fourth-order valence-electron chi connectivity index (χ4n) is 3.28. The molecule has 2 amide bonds. The number of rotatable bonds is 7. The van der Waals surface area contributed by atoms with Crippen molar-refractivity contribution in [3.8, 4) is 5.75 Å². The van der Waals surface area contributed by atoms with Crippen molar-refractivity contribution in [1.29, 1.82) is 0 Å². The molecule has 1 fully saturated rings. The second-order valence-electron chi connectivity index (χ2n) is 6.39. The van der Waals surface area contributed by atoms with Crippen LogP contribution < -0.4 is 15.4 Å². The molecular weight excluding hydrogens is 336 g/mol. The number of methoxy groups -OCH3 is 2. The van der Waals surface area contributed by atoms with Crippen molar-refractivity contribution in [1.82, 2.24) is 10.6 Å². The number of hydrogen-bond donors (Lipinski definition) is 2. The van der Waals surface area contributed by atoms with Gasteiger partial charge in [-0.2, -0.15) is 0 Å². The minimum Gasteiger partial charge on any atom is -0.496 e. The van der Waals surface area contributed by atoms with Gasteiger partial charge in [0.1, 0.15) is 11.3 Å². The Kier molecular flexibility index (Phi) is 7.00. The summed E-state index contributed by atoms with van der Waals surface area (Å²) in [6, 6.07) is 6.88. The highest BCUT2D eigenvalue weighted by molar-refractivity contribution is 5.97. The highest BCUT2D eigenvalue weighted by Gasteiger charge is 2.41. The van der Waals surface area contributed by atoms with Gasteiger partial charge in [-0.1, -0.05) is 31.4 Å².